The largest absolute Gasteiger partial charge is 0.396 e. The van der Waals surface area contributed by atoms with Crippen molar-refractivity contribution in [1.82, 2.24) is 14.9 Å². The second-order valence-electron chi connectivity index (χ2n) is 5.05. The van der Waals surface area contributed by atoms with Gasteiger partial charge in [-0.2, -0.15) is 0 Å². The van der Waals surface area contributed by atoms with Crippen LogP contribution in [0.4, 0.5) is 0 Å². The molecule has 0 fully saturated rings. The molecular weight excluding hydrogens is 226 g/mol. The Morgan fingerprint density at radius 1 is 1.33 bits per heavy atom. The summed E-state index contributed by atoms with van der Waals surface area (Å²) in [5, 5.41) is 13.0. The van der Waals surface area contributed by atoms with Crippen molar-refractivity contribution in [2.75, 3.05) is 13.2 Å². The lowest BCUT2D eigenvalue weighted by molar-refractivity contribution is 0.113. The Morgan fingerprint density at radius 2 is 2.06 bits per heavy atom. The van der Waals surface area contributed by atoms with Crippen molar-refractivity contribution in [2.45, 2.75) is 53.1 Å². The van der Waals surface area contributed by atoms with Crippen molar-refractivity contribution in [3.63, 3.8) is 0 Å². The molecule has 0 aliphatic heterocycles. The lowest BCUT2D eigenvalue weighted by Gasteiger charge is -2.29. The Bertz CT molecular complexity index is 323. The number of nitrogens with one attached hydrogen (secondary N) is 1. The maximum atomic E-state index is 9.51. The molecule has 18 heavy (non-hydrogen) atoms. The fourth-order valence-electron chi connectivity index (χ4n) is 2.17. The van der Waals surface area contributed by atoms with E-state index < -0.39 is 0 Å². The van der Waals surface area contributed by atoms with E-state index >= 15 is 0 Å². The fraction of sp³-hybridized carbons (Fsp3) is 0.786. The Hall–Kier alpha value is -0.870. The summed E-state index contributed by atoms with van der Waals surface area (Å²) in [6.45, 7) is 9.40. The lowest BCUT2D eigenvalue weighted by atomic mass is 9.83. The molecule has 0 aliphatic carbocycles. The van der Waals surface area contributed by atoms with Gasteiger partial charge >= 0.3 is 0 Å². The van der Waals surface area contributed by atoms with Crippen molar-refractivity contribution in [2.24, 2.45) is 5.41 Å². The van der Waals surface area contributed by atoms with Gasteiger partial charge < -0.3 is 15.0 Å². The van der Waals surface area contributed by atoms with Crippen LogP contribution in [0.2, 0.25) is 0 Å². The van der Waals surface area contributed by atoms with E-state index in [-0.39, 0.29) is 12.0 Å². The number of aliphatic hydroxyl groups excluding tert-OH is 1. The molecule has 4 nitrogen and oxygen atoms in total. The average molecular weight is 253 g/mol. The second kappa shape index (κ2) is 7.54. The van der Waals surface area contributed by atoms with Crippen LogP contribution < -0.4 is 5.32 Å². The predicted octanol–water partition coefficient (Wildman–Crippen LogP) is 2.18. The van der Waals surface area contributed by atoms with E-state index in [4.69, 9.17) is 0 Å². The summed E-state index contributed by atoms with van der Waals surface area (Å²) in [6.07, 6.45) is 6.93. The number of aryl methyl sites for hydroxylation is 1. The van der Waals surface area contributed by atoms with Crippen molar-refractivity contribution in [3.05, 3.63) is 18.2 Å². The highest BCUT2D eigenvalue weighted by atomic mass is 16.3. The van der Waals surface area contributed by atoms with Gasteiger partial charge in [0.2, 0.25) is 0 Å². The van der Waals surface area contributed by atoms with Gasteiger partial charge in [0, 0.05) is 37.9 Å². The van der Waals surface area contributed by atoms with Crippen LogP contribution in [-0.2, 0) is 13.1 Å². The number of nitrogens with zero attached hydrogens (tertiary/aromatic N) is 2. The lowest BCUT2D eigenvalue weighted by Crippen LogP contribution is -2.36. The number of imidazole rings is 1. The van der Waals surface area contributed by atoms with Gasteiger partial charge in [0.15, 0.2) is 0 Å². The number of aromatic nitrogens is 2. The van der Waals surface area contributed by atoms with Gasteiger partial charge in [-0.3, -0.25) is 0 Å². The molecular formula is C14H27N3O. The van der Waals surface area contributed by atoms with Gasteiger partial charge in [-0.05, 0) is 19.3 Å². The van der Waals surface area contributed by atoms with Gasteiger partial charge in [-0.1, -0.05) is 20.8 Å². The van der Waals surface area contributed by atoms with E-state index in [1.54, 1.807) is 0 Å². The average Bonchev–Trinajstić information content (AvgIpc) is 2.83. The first-order valence-corrected chi connectivity index (χ1v) is 7.02. The monoisotopic (exact) mass is 253 g/mol. The standard InChI is InChI=1S/C14H27N3O/c1-4-7-17-12-16-9-13(17)8-15-10-14(5-2,6-3)11-18/h9,12,15,18H,4-8,10-11H2,1-3H3. The SMILES string of the molecule is CCCn1cncc1CNCC(CC)(CC)CO. The first kappa shape index (κ1) is 15.2. The van der Waals surface area contributed by atoms with Crippen LogP contribution in [0.15, 0.2) is 12.5 Å². The van der Waals surface area contributed by atoms with Crippen LogP contribution in [0, 0.1) is 5.41 Å². The Morgan fingerprint density at radius 3 is 2.61 bits per heavy atom. The van der Waals surface area contributed by atoms with E-state index in [1.165, 1.54) is 5.69 Å². The summed E-state index contributed by atoms with van der Waals surface area (Å²) in [5.41, 5.74) is 1.24. The molecule has 2 N–H and O–H groups in total. The summed E-state index contributed by atoms with van der Waals surface area (Å²) in [4.78, 5) is 4.19. The smallest absolute Gasteiger partial charge is 0.0948 e. The third-order valence-corrected chi connectivity index (χ3v) is 3.90. The van der Waals surface area contributed by atoms with Gasteiger partial charge in [0.1, 0.15) is 0 Å². The van der Waals surface area contributed by atoms with Crippen molar-refractivity contribution >= 4 is 0 Å². The first-order valence-electron chi connectivity index (χ1n) is 7.02. The number of hydrogen-bond donors (Lipinski definition) is 2. The molecule has 1 rings (SSSR count). The molecule has 4 heteroatoms. The van der Waals surface area contributed by atoms with Crippen LogP contribution in [0.1, 0.15) is 45.7 Å². The van der Waals surface area contributed by atoms with Gasteiger partial charge in [0.25, 0.3) is 0 Å². The predicted molar refractivity (Wildman–Crippen MR) is 74.3 cm³/mol. The van der Waals surface area contributed by atoms with Crippen LogP contribution in [0.25, 0.3) is 0 Å². The van der Waals surface area contributed by atoms with Gasteiger partial charge in [0.05, 0.1) is 12.0 Å². The first-order chi connectivity index (χ1) is 8.71. The van der Waals surface area contributed by atoms with Gasteiger partial charge in [-0.15, -0.1) is 0 Å². The number of rotatable bonds is 9. The zero-order valence-electron chi connectivity index (χ0n) is 11.9. The van der Waals surface area contributed by atoms with E-state index in [0.717, 1.165) is 38.9 Å². The summed E-state index contributed by atoms with van der Waals surface area (Å²) >= 11 is 0. The summed E-state index contributed by atoms with van der Waals surface area (Å²) in [5.74, 6) is 0. The summed E-state index contributed by atoms with van der Waals surface area (Å²) in [6, 6.07) is 0. The molecule has 0 unspecified atom stereocenters. The maximum Gasteiger partial charge on any atom is 0.0948 e. The molecule has 0 bridgehead atoms. The molecule has 1 aromatic rings. The minimum atomic E-state index is 0.0234. The van der Waals surface area contributed by atoms with Crippen LogP contribution >= 0.6 is 0 Å². The van der Waals surface area contributed by atoms with Crippen LogP contribution in [-0.4, -0.2) is 27.8 Å². The van der Waals surface area contributed by atoms with E-state index in [0.29, 0.717) is 0 Å². The topological polar surface area (TPSA) is 50.1 Å². The van der Waals surface area contributed by atoms with E-state index in [1.807, 2.05) is 12.5 Å². The second-order valence-corrected chi connectivity index (χ2v) is 5.05. The highest BCUT2D eigenvalue weighted by molar-refractivity contribution is 4.98. The minimum Gasteiger partial charge on any atom is -0.396 e. The zero-order chi connectivity index (χ0) is 13.4. The molecule has 0 saturated heterocycles. The third-order valence-electron chi connectivity index (χ3n) is 3.90. The number of hydrogen-bond acceptors (Lipinski definition) is 3. The highest BCUT2D eigenvalue weighted by Gasteiger charge is 2.24. The zero-order valence-corrected chi connectivity index (χ0v) is 11.9. The van der Waals surface area contributed by atoms with Crippen molar-refractivity contribution in [1.29, 1.82) is 0 Å². The van der Waals surface area contributed by atoms with Crippen molar-refractivity contribution in [3.8, 4) is 0 Å². The normalized spacial score (nSPS) is 12.0. The fourth-order valence-corrected chi connectivity index (χ4v) is 2.17. The quantitative estimate of drug-likeness (QED) is 0.709. The minimum absolute atomic E-state index is 0.0234. The molecule has 0 radical (unpaired) electrons. The van der Waals surface area contributed by atoms with Crippen molar-refractivity contribution < 1.29 is 5.11 Å². The highest BCUT2D eigenvalue weighted by Crippen LogP contribution is 2.24. The molecule has 104 valence electrons. The Labute approximate surface area is 110 Å². The molecule has 0 amide bonds. The molecule has 1 aromatic heterocycles. The van der Waals surface area contributed by atoms with Crippen LogP contribution in [0.5, 0.6) is 0 Å². The van der Waals surface area contributed by atoms with Crippen LogP contribution in [0.3, 0.4) is 0 Å². The molecule has 1 heterocycles. The van der Waals surface area contributed by atoms with E-state index in [2.05, 4.69) is 35.6 Å². The third kappa shape index (κ3) is 3.82. The summed E-state index contributed by atoms with van der Waals surface area (Å²) < 4.78 is 2.19. The maximum absolute atomic E-state index is 9.51. The molecule has 0 spiro atoms. The number of aliphatic hydroxyl groups is 1. The van der Waals surface area contributed by atoms with E-state index in [9.17, 15) is 5.11 Å². The Kier molecular flexibility index (Phi) is 6.36. The molecule has 0 atom stereocenters. The molecule has 0 aliphatic rings. The summed E-state index contributed by atoms with van der Waals surface area (Å²) in [7, 11) is 0. The van der Waals surface area contributed by atoms with Gasteiger partial charge in [-0.25, -0.2) is 4.98 Å². The molecule has 0 saturated carbocycles. The molecule has 0 aromatic carbocycles. The Balaban J connectivity index is 2.47.